The normalized spacial score (nSPS) is 17.9. The highest BCUT2D eigenvalue weighted by Crippen LogP contribution is 2.43. The Morgan fingerprint density at radius 1 is 1.17 bits per heavy atom. The second kappa shape index (κ2) is 7.58. The zero-order valence-corrected chi connectivity index (χ0v) is 16.6. The van der Waals surface area contributed by atoms with E-state index in [0.717, 1.165) is 0 Å². The smallest absolute Gasteiger partial charge is 0.300 e. The van der Waals surface area contributed by atoms with Gasteiger partial charge in [0.1, 0.15) is 17.6 Å². The fourth-order valence-corrected chi connectivity index (χ4v) is 4.28. The zero-order chi connectivity index (χ0) is 21.4. The van der Waals surface area contributed by atoms with E-state index in [1.807, 2.05) is 11.4 Å². The van der Waals surface area contributed by atoms with Gasteiger partial charge >= 0.3 is 0 Å². The maximum absolute atomic E-state index is 13.7. The summed E-state index contributed by atoms with van der Waals surface area (Å²) in [4.78, 5) is 27.9. The van der Waals surface area contributed by atoms with Gasteiger partial charge in [0, 0.05) is 16.1 Å². The maximum atomic E-state index is 13.7. The van der Waals surface area contributed by atoms with E-state index in [1.54, 1.807) is 43.3 Å². The zero-order valence-electron chi connectivity index (χ0n) is 15.8. The lowest BCUT2D eigenvalue weighted by molar-refractivity contribution is -0.132. The molecule has 1 aromatic heterocycles. The molecule has 0 aliphatic carbocycles. The lowest BCUT2D eigenvalue weighted by Crippen LogP contribution is -2.29. The molecule has 1 atom stereocenters. The van der Waals surface area contributed by atoms with Crippen LogP contribution in [0.15, 0.2) is 65.6 Å². The molecule has 7 heteroatoms. The summed E-state index contributed by atoms with van der Waals surface area (Å²) >= 11 is 1.35. The highest BCUT2D eigenvalue weighted by Gasteiger charge is 2.47. The van der Waals surface area contributed by atoms with E-state index >= 15 is 0 Å². The fraction of sp³-hybridized carbons (Fsp3) is 0.0870. The number of thiophene rings is 1. The molecule has 0 radical (unpaired) electrons. The number of aliphatic hydroxyl groups is 1. The van der Waals surface area contributed by atoms with Gasteiger partial charge in [-0.3, -0.25) is 14.5 Å². The van der Waals surface area contributed by atoms with E-state index in [9.17, 15) is 19.1 Å². The molecule has 2 aromatic carbocycles. The van der Waals surface area contributed by atoms with Gasteiger partial charge in [0.25, 0.3) is 11.7 Å². The molecule has 2 heterocycles. The van der Waals surface area contributed by atoms with Crippen LogP contribution in [0.1, 0.15) is 27.6 Å². The largest absolute Gasteiger partial charge is 0.507 e. The molecule has 0 bridgehead atoms. The Morgan fingerprint density at radius 3 is 2.50 bits per heavy atom. The van der Waals surface area contributed by atoms with E-state index in [1.165, 1.54) is 34.4 Å². The van der Waals surface area contributed by atoms with Crippen molar-refractivity contribution >= 4 is 34.5 Å². The molecule has 1 amide bonds. The molecule has 1 fully saturated rings. The summed E-state index contributed by atoms with van der Waals surface area (Å²) in [5.41, 5.74) is 1.37. The number of nitriles is 1. The first-order valence-electron chi connectivity index (χ1n) is 9.03. The average molecular weight is 418 g/mol. The van der Waals surface area contributed by atoms with Gasteiger partial charge in [-0.1, -0.05) is 6.07 Å². The van der Waals surface area contributed by atoms with Gasteiger partial charge in [0.05, 0.1) is 17.2 Å². The Kier molecular flexibility index (Phi) is 4.94. The maximum Gasteiger partial charge on any atom is 0.300 e. The molecule has 5 nitrogen and oxygen atoms in total. The number of aliphatic hydroxyl groups excluding tert-OH is 1. The number of Topliss-reactive ketones (excluding diaryl/α,β-unsaturated/α-hetero) is 1. The molecule has 1 aliphatic rings. The molecule has 1 saturated heterocycles. The third-order valence-corrected chi connectivity index (χ3v) is 5.89. The average Bonchev–Trinajstić information content (AvgIpc) is 3.37. The molecule has 1 aliphatic heterocycles. The van der Waals surface area contributed by atoms with Gasteiger partial charge in [-0.25, -0.2) is 4.39 Å². The topological polar surface area (TPSA) is 81.4 Å². The van der Waals surface area contributed by atoms with Gasteiger partial charge in [0.2, 0.25) is 0 Å². The van der Waals surface area contributed by atoms with Crippen molar-refractivity contribution in [3.63, 3.8) is 0 Å². The summed E-state index contributed by atoms with van der Waals surface area (Å²) in [5, 5.41) is 21.8. The fourth-order valence-electron chi connectivity index (χ4n) is 3.46. The van der Waals surface area contributed by atoms with Crippen molar-refractivity contribution in [1.82, 2.24) is 0 Å². The van der Waals surface area contributed by atoms with Crippen LogP contribution in [0.25, 0.3) is 5.76 Å². The van der Waals surface area contributed by atoms with E-state index in [-0.39, 0.29) is 16.9 Å². The second-order valence-electron chi connectivity index (χ2n) is 6.81. The molecule has 4 rings (SSSR count). The minimum atomic E-state index is -0.830. The number of hydrogen-bond donors (Lipinski definition) is 1. The Hall–Kier alpha value is -3.76. The Morgan fingerprint density at radius 2 is 1.90 bits per heavy atom. The van der Waals surface area contributed by atoms with E-state index in [4.69, 9.17) is 5.26 Å². The van der Waals surface area contributed by atoms with Gasteiger partial charge in [-0.05, 0) is 66.4 Å². The van der Waals surface area contributed by atoms with Crippen LogP contribution in [0, 0.1) is 24.1 Å². The standard InChI is InChI=1S/C23H15FN2O3S/c1-13-11-15(6-9-17(13)24)21(27)19-20(18-3-2-10-30-18)26(23(29)22(19)28)16-7-4-14(12-25)5-8-16/h2-11,20,27H,1H3/b21-19-. The molecular formula is C23H15FN2O3S. The number of anilines is 1. The molecular weight excluding hydrogens is 403 g/mol. The highest BCUT2D eigenvalue weighted by atomic mass is 32.1. The summed E-state index contributed by atoms with van der Waals surface area (Å²) in [6.07, 6.45) is 0. The van der Waals surface area contributed by atoms with Crippen molar-refractivity contribution in [2.24, 2.45) is 0 Å². The van der Waals surface area contributed by atoms with E-state index in [2.05, 4.69) is 0 Å². The Labute approximate surface area is 175 Å². The van der Waals surface area contributed by atoms with Gasteiger partial charge in [-0.15, -0.1) is 11.3 Å². The summed E-state index contributed by atoms with van der Waals surface area (Å²) in [5.74, 6) is -2.39. The summed E-state index contributed by atoms with van der Waals surface area (Å²) < 4.78 is 13.7. The molecule has 1 unspecified atom stereocenters. The van der Waals surface area contributed by atoms with Crippen molar-refractivity contribution in [3.05, 3.63) is 92.9 Å². The minimum absolute atomic E-state index is 0.0576. The first-order valence-corrected chi connectivity index (χ1v) is 9.91. The number of ketones is 1. The Bertz CT molecular complexity index is 1220. The van der Waals surface area contributed by atoms with Crippen molar-refractivity contribution < 1.29 is 19.1 Å². The molecule has 0 spiro atoms. The lowest BCUT2D eigenvalue weighted by atomic mass is 9.98. The highest BCUT2D eigenvalue weighted by molar-refractivity contribution is 7.10. The molecule has 30 heavy (non-hydrogen) atoms. The predicted molar refractivity (Wildman–Crippen MR) is 111 cm³/mol. The summed E-state index contributed by atoms with van der Waals surface area (Å²) in [6.45, 7) is 1.55. The van der Waals surface area contributed by atoms with Crippen LogP contribution >= 0.6 is 11.3 Å². The van der Waals surface area contributed by atoms with Crippen molar-refractivity contribution in [3.8, 4) is 6.07 Å². The number of rotatable bonds is 3. The number of benzene rings is 2. The SMILES string of the molecule is Cc1cc(/C(O)=C2/C(=O)C(=O)N(c3ccc(C#N)cc3)C2c2cccs2)ccc1F. The number of carbonyl (C=O) groups excluding carboxylic acids is 2. The van der Waals surface area contributed by atoms with Crippen LogP contribution in [0.4, 0.5) is 10.1 Å². The number of carbonyl (C=O) groups is 2. The van der Waals surface area contributed by atoms with Crippen molar-refractivity contribution in [2.75, 3.05) is 4.90 Å². The van der Waals surface area contributed by atoms with E-state index in [0.29, 0.717) is 21.7 Å². The molecule has 1 N–H and O–H groups in total. The quantitative estimate of drug-likeness (QED) is 0.380. The number of nitrogens with zero attached hydrogens (tertiary/aromatic N) is 2. The molecule has 0 saturated carbocycles. The summed E-state index contributed by atoms with van der Waals surface area (Å²) in [7, 11) is 0. The van der Waals surface area contributed by atoms with Crippen LogP contribution in [-0.2, 0) is 9.59 Å². The predicted octanol–water partition coefficient (Wildman–Crippen LogP) is 4.69. The van der Waals surface area contributed by atoms with Crippen LogP contribution < -0.4 is 4.90 Å². The first kappa shape index (κ1) is 19.6. The van der Waals surface area contributed by atoms with E-state index < -0.39 is 23.5 Å². The third kappa shape index (κ3) is 3.17. The monoisotopic (exact) mass is 418 g/mol. The minimum Gasteiger partial charge on any atom is -0.507 e. The Balaban J connectivity index is 1.91. The third-order valence-electron chi connectivity index (χ3n) is 4.96. The van der Waals surface area contributed by atoms with Crippen LogP contribution in [0.5, 0.6) is 0 Å². The first-order chi connectivity index (χ1) is 14.4. The van der Waals surface area contributed by atoms with Crippen molar-refractivity contribution in [1.29, 1.82) is 5.26 Å². The molecule has 3 aromatic rings. The number of halogens is 1. The second-order valence-corrected chi connectivity index (χ2v) is 7.79. The number of aryl methyl sites for hydroxylation is 1. The van der Waals surface area contributed by atoms with Gasteiger partial charge in [-0.2, -0.15) is 5.26 Å². The van der Waals surface area contributed by atoms with Gasteiger partial charge < -0.3 is 5.11 Å². The lowest BCUT2D eigenvalue weighted by Gasteiger charge is -2.24. The van der Waals surface area contributed by atoms with Gasteiger partial charge in [0.15, 0.2) is 0 Å². The van der Waals surface area contributed by atoms with Crippen LogP contribution in [0.2, 0.25) is 0 Å². The van der Waals surface area contributed by atoms with Crippen LogP contribution in [0.3, 0.4) is 0 Å². The number of hydrogen-bond acceptors (Lipinski definition) is 5. The summed E-state index contributed by atoms with van der Waals surface area (Å²) in [6, 6.07) is 15.1. The van der Waals surface area contributed by atoms with Crippen LogP contribution in [-0.4, -0.2) is 16.8 Å². The molecule has 148 valence electrons. The number of amides is 1. The van der Waals surface area contributed by atoms with Crippen molar-refractivity contribution in [2.45, 2.75) is 13.0 Å².